The van der Waals surface area contributed by atoms with E-state index in [0.29, 0.717) is 29.4 Å². The van der Waals surface area contributed by atoms with Gasteiger partial charge in [-0.3, -0.25) is 0 Å². The van der Waals surface area contributed by atoms with Crippen molar-refractivity contribution in [2.75, 3.05) is 31.9 Å². The van der Waals surface area contributed by atoms with E-state index in [9.17, 15) is 8.42 Å². The zero-order valence-electron chi connectivity index (χ0n) is 22.8. The number of halogens is 1. The Hall–Kier alpha value is -1.33. The van der Waals surface area contributed by atoms with Gasteiger partial charge in [0, 0.05) is 46.4 Å². The van der Waals surface area contributed by atoms with Crippen LogP contribution in [0.4, 0.5) is 0 Å². The van der Waals surface area contributed by atoms with Gasteiger partial charge < -0.3 is 15.5 Å². The lowest BCUT2D eigenvalue weighted by atomic mass is 10.2. The van der Waals surface area contributed by atoms with Crippen molar-refractivity contribution in [3.8, 4) is 0 Å². The quantitative estimate of drug-likeness (QED) is 0.171. The highest BCUT2D eigenvalue weighted by Crippen LogP contribution is 2.29. The Morgan fingerprint density at radius 3 is 2.54 bits per heavy atom. The maximum atomic E-state index is 13.5. The van der Waals surface area contributed by atoms with Gasteiger partial charge in [-0.25, -0.2) is 13.4 Å². The predicted octanol–water partition coefficient (Wildman–Crippen LogP) is 6.14. The number of sulfone groups is 1. The minimum atomic E-state index is -3.72. The van der Waals surface area contributed by atoms with E-state index < -0.39 is 9.84 Å². The molecule has 0 fully saturated rings. The molecule has 2 rings (SSSR count). The predicted molar refractivity (Wildman–Crippen MR) is 164 cm³/mol. The van der Waals surface area contributed by atoms with Crippen LogP contribution in [0.3, 0.4) is 0 Å². The van der Waals surface area contributed by atoms with Gasteiger partial charge in [0.2, 0.25) is 9.84 Å². The van der Waals surface area contributed by atoms with Crippen molar-refractivity contribution in [3.63, 3.8) is 0 Å². The van der Waals surface area contributed by atoms with E-state index in [1.165, 1.54) is 9.88 Å². The van der Waals surface area contributed by atoms with Crippen LogP contribution < -0.4 is 10.6 Å². The molecule has 0 bridgehead atoms. The van der Waals surface area contributed by atoms with Gasteiger partial charge in [0.05, 0.1) is 15.6 Å². The second kappa shape index (κ2) is 15.9. The molecule has 6 nitrogen and oxygen atoms in total. The highest BCUT2D eigenvalue weighted by Gasteiger charge is 2.25. The summed E-state index contributed by atoms with van der Waals surface area (Å²) in [5.41, 5.74) is 1.16. The largest absolute Gasteiger partial charge is 0.371 e. The van der Waals surface area contributed by atoms with E-state index in [2.05, 4.69) is 59.2 Å². The molecule has 0 amide bonds. The molecule has 1 atom stereocenters. The van der Waals surface area contributed by atoms with Crippen molar-refractivity contribution < 1.29 is 8.42 Å². The fraction of sp³-hybridized carbons (Fsp3) is 0.519. The number of aryl methyl sites for hydroxylation is 1. The first kappa shape index (κ1) is 31.9. The van der Waals surface area contributed by atoms with Crippen molar-refractivity contribution in [2.45, 2.75) is 64.7 Å². The number of nitrogens with one attached hydrogen (secondary N) is 2. The summed E-state index contributed by atoms with van der Waals surface area (Å²) in [6.45, 7) is 16.0. The monoisotopic (exact) mass is 628 g/mol. The lowest BCUT2D eigenvalue weighted by Gasteiger charge is -2.25. The summed E-state index contributed by atoms with van der Waals surface area (Å²) in [6.07, 6.45) is 4.38. The number of likely N-dealkylation sites (N-methyl/N-ethyl adjacent to an activating group) is 1. The van der Waals surface area contributed by atoms with Crippen LogP contribution in [-0.2, 0) is 22.0 Å². The van der Waals surface area contributed by atoms with E-state index in [1.54, 1.807) is 53.4 Å². The highest BCUT2D eigenvalue weighted by molar-refractivity contribution is 9.10. The third kappa shape index (κ3) is 9.13. The van der Waals surface area contributed by atoms with Gasteiger partial charge in [0.25, 0.3) is 0 Å². The van der Waals surface area contributed by atoms with Gasteiger partial charge in [0.1, 0.15) is 10.7 Å². The van der Waals surface area contributed by atoms with Gasteiger partial charge >= 0.3 is 0 Å². The third-order valence-electron chi connectivity index (χ3n) is 5.96. The van der Waals surface area contributed by atoms with Crippen LogP contribution in [-0.4, -0.2) is 56.3 Å². The van der Waals surface area contributed by atoms with Crippen LogP contribution in [0.2, 0.25) is 0 Å². The molecule has 0 aliphatic rings. The van der Waals surface area contributed by atoms with Crippen LogP contribution in [0.5, 0.6) is 0 Å². The first-order valence-corrected chi connectivity index (χ1v) is 17.0. The second-order valence-corrected chi connectivity index (χ2v) is 13.7. The normalized spacial score (nSPS) is 13.7. The summed E-state index contributed by atoms with van der Waals surface area (Å²) in [7, 11) is -3.72. The highest BCUT2D eigenvalue weighted by atomic mass is 79.9. The van der Waals surface area contributed by atoms with E-state index in [1.807, 2.05) is 19.9 Å². The summed E-state index contributed by atoms with van der Waals surface area (Å²) >= 11 is 7.00. The number of nitrogens with zero attached hydrogens (tertiary/aromatic N) is 2. The van der Waals surface area contributed by atoms with Crippen molar-refractivity contribution in [3.05, 3.63) is 67.2 Å². The Kier molecular flexibility index (Phi) is 13.7. The van der Waals surface area contributed by atoms with Gasteiger partial charge in [-0.2, -0.15) is 11.8 Å². The number of thiazole rings is 1. The molecule has 0 radical (unpaired) electrons. The van der Waals surface area contributed by atoms with Crippen molar-refractivity contribution in [2.24, 2.45) is 0 Å². The van der Waals surface area contributed by atoms with Crippen LogP contribution >= 0.6 is 39.0 Å². The van der Waals surface area contributed by atoms with E-state index >= 15 is 0 Å². The average molecular weight is 630 g/mol. The Bertz CT molecular complexity index is 1160. The van der Waals surface area contributed by atoms with Gasteiger partial charge in [-0.15, -0.1) is 11.3 Å². The molecule has 0 saturated carbocycles. The summed E-state index contributed by atoms with van der Waals surface area (Å²) in [4.78, 5) is 9.15. The lowest BCUT2D eigenvalue weighted by molar-refractivity contribution is 0.230. The molecule has 0 aliphatic heterocycles. The molecule has 206 valence electrons. The number of aromatic nitrogens is 1. The number of thioether (sulfide) groups is 1. The molecule has 1 heterocycles. The number of allylic oxidation sites excluding steroid dienone is 2. The average Bonchev–Trinajstić information content (AvgIpc) is 3.21. The molecule has 1 aromatic heterocycles. The standard InChI is InChI=1S/C27H41BrN4O2S3/c1-7-13-25(37(33,34)24-15-12-11-14-22(24)28)27(29-8-2)30-16-17-35-19-23-21(6)36-26(31-23)18-20(5)32(9-3)10-4/h7,11-15,20,29-30H,8-10,16-19H2,1-6H3. The minimum Gasteiger partial charge on any atom is -0.371 e. The first-order valence-electron chi connectivity index (χ1n) is 12.8. The second-order valence-electron chi connectivity index (χ2n) is 8.57. The van der Waals surface area contributed by atoms with Gasteiger partial charge in [0.15, 0.2) is 0 Å². The summed E-state index contributed by atoms with van der Waals surface area (Å²) in [6, 6.07) is 7.39. The molecule has 0 aliphatic carbocycles. The van der Waals surface area contributed by atoms with E-state index in [-0.39, 0.29) is 9.80 Å². The van der Waals surface area contributed by atoms with Crippen molar-refractivity contribution in [1.29, 1.82) is 0 Å². The number of hydrogen-bond acceptors (Lipinski definition) is 8. The smallest absolute Gasteiger partial charge is 0.211 e. The molecule has 2 N–H and O–H groups in total. The summed E-state index contributed by atoms with van der Waals surface area (Å²) in [5, 5.41) is 7.76. The molecule has 1 aromatic carbocycles. The lowest BCUT2D eigenvalue weighted by Crippen LogP contribution is -2.34. The molecule has 0 spiro atoms. The Morgan fingerprint density at radius 2 is 1.92 bits per heavy atom. The summed E-state index contributed by atoms with van der Waals surface area (Å²) in [5.74, 6) is 2.20. The van der Waals surface area contributed by atoms with Crippen LogP contribution in [0.15, 0.2) is 56.5 Å². The van der Waals surface area contributed by atoms with Gasteiger partial charge in [-0.1, -0.05) is 32.1 Å². The molecule has 10 heteroatoms. The zero-order chi connectivity index (χ0) is 27.4. The van der Waals surface area contributed by atoms with Crippen LogP contribution in [0.1, 0.15) is 50.2 Å². The Labute approximate surface area is 240 Å². The Balaban J connectivity index is 2.05. The Morgan fingerprint density at radius 1 is 1.22 bits per heavy atom. The fourth-order valence-corrected chi connectivity index (χ4v) is 8.51. The topological polar surface area (TPSA) is 74.3 Å². The fourth-order valence-electron chi connectivity index (χ4n) is 4.01. The van der Waals surface area contributed by atoms with Crippen LogP contribution in [0.25, 0.3) is 0 Å². The zero-order valence-corrected chi connectivity index (χ0v) is 26.8. The van der Waals surface area contributed by atoms with Crippen molar-refractivity contribution >= 4 is 48.9 Å². The van der Waals surface area contributed by atoms with Crippen molar-refractivity contribution in [1.82, 2.24) is 20.5 Å². The number of rotatable bonds is 16. The summed E-state index contributed by atoms with van der Waals surface area (Å²) < 4.78 is 27.5. The maximum Gasteiger partial charge on any atom is 0.211 e. The molecule has 37 heavy (non-hydrogen) atoms. The minimum absolute atomic E-state index is 0.232. The van der Waals surface area contributed by atoms with E-state index in [0.717, 1.165) is 36.7 Å². The maximum absolute atomic E-state index is 13.5. The van der Waals surface area contributed by atoms with Gasteiger partial charge in [-0.05, 0) is 74.9 Å². The van der Waals surface area contributed by atoms with E-state index in [4.69, 9.17) is 4.98 Å². The first-order chi connectivity index (χ1) is 17.7. The third-order valence-corrected chi connectivity index (χ3v) is 10.8. The number of hydrogen-bond donors (Lipinski definition) is 2. The SMILES string of the molecule is CC=CC(=C(NCC)NCCSCc1nc(CC(C)N(CC)CC)sc1C)S(=O)(=O)c1ccccc1Br. The number of benzene rings is 1. The molecule has 2 aromatic rings. The molecular weight excluding hydrogens is 588 g/mol. The molecule has 0 saturated heterocycles. The molecular formula is C27H41BrN4O2S3. The van der Waals surface area contributed by atoms with Crippen LogP contribution in [0, 0.1) is 6.92 Å². The molecule has 1 unspecified atom stereocenters.